The number of carbonyl (C=O) groups is 1. The van der Waals surface area contributed by atoms with Crippen molar-refractivity contribution in [1.29, 1.82) is 0 Å². The van der Waals surface area contributed by atoms with Crippen LogP contribution in [0.3, 0.4) is 0 Å². The summed E-state index contributed by atoms with van der Waals surface area (Å²) in [6.45, 7) is 0.246. The Morgan fingerprint density at radius 2 is 2.50 bits per heavy atom. The molecule has 1 heterocycles. The lowest BCUT2D eigenvalue weighted by Gasteiger charge is -1.99. The van der Waals surface area contributed by atoms with Gasteiger partial charge in [0.05, 0.1) is 25.4 Å². The molecule has 0 aliphatic heterocycles. The van der Waals surface area contributed by atoms with Crippen molar-refractivity contribution in [2.24, 2.45) is 12.8 Å². The molecule has 14 heavy (non-hydrogen) atoms. The molecule has 0 unspecified atom stereocenters. The highest BCUT2D eigenvalue weighted by Gasteiger charge is 2.15. The molecule has 2 N–H and O–H groups in total. The Morgan fingerprint density at radius 3 is 3.07 bits per heavy atom. The summed E-state index contributed by atoms with van der Waals surface area (Å²) in [4.78, 5) is 11.3. The molecule has 0 saturated heterocycles. The van der Waals surface area contributed by atoms with Crippen LogP contribution in [0.4, 0.5) is 0 Å². The Hall–Kier alpha value is -1.80. The van der Waals surface area contributed by atoms with Crippen molar-refractivity contribution in [2.45, 2.75) is 0 Å². The molecule has 5 heteroatoms. The monoisotopic (exact) mass is 193 g/mol. The maximum absolute atomic E-state index is 11.3. The van der Waals surface area contributed by atoms with E-state index in [1.807, 2.05) is 0 Å². The molecule has 0 atom stereocenters. The zero-order chi connectivity index (χ0) is 10.6. The Labute approximate surface area is 81.8 Å². The molecular formula is C9H11N3O2. The minimum atomic E-state index is -0.452. The van der Waals surface area contributed by atoms with Crippen LogP contribution in [-0.2, 0) is 11.8 Å². The van der Waals surface area contributed by atoms with Crippen molar-refractivity contribution in [3.63, 3.8) is 0 Å². The Kier molecular flexibility index (Phi) is 3.26. The molecule has 0 radical (unpaired) electrons. The molecule has 0 aliphatic rings. The van der Waals surface area contributed by atoms with Gasteiger partial charge in [0.25, 0.3) is 0 Å². The molecular weight excluding hydrogens is 182 g/mol. The van der Waals surface area contributed by atoms with E-state index in [1.54, 1.807) is 7.05 Å². The number of carbonyl (C=O) groups excluding carboxylic acids is 1. The first kappa shape index (κ1) is 10.3. The van der Waals surface area contributed by atoms with Crippen LogP contribution in [0.5, 0.6) is 0 Å². The summed E-state index contributed by atoms with van der Waals surface area (Å²) in [5, 5.41) is 3.91. The van der Waals surface area contributed by atoms with Crippen LogP contribution in [0, 0.1) is 11.8 Å². The average molecular weight is 193 g/mol. The molecule has 5 nitrogen and oxygen atoms in total. The molecule has 0 amide bonds. The Morgan fingerprint density at radius 1 is 1.79 bits per heavy atom. The number of aromatic nitrogens is 2. The second kappa shape index (κ2) is 4.44. The quantitative estimate of drug-likeness (QED) is 0.483. The Balaban J connectivity index is 3.12. The first-order valence-corrected chi connectivity index (χ1v) is 4.00. The van der Waals surface area contributed by atoms with Crippen molar-refractivity contribution in [3.8, 4) is 11.8 Å². The van der Waals surface area contributed by atoms with Crippen molar-refractivity contribution in [1.82, 2.24) is 9.78 Å². The third-order valence-electron chi connectivity index (χ3n) is 1.64. The second-order valence-corrected chi connectivity index (χ2v) is 2.53. The average Bonchev–Trinajstić information content (AvgIpc) is 2.55. The maximum Gasteiger partial charge on any atom is 0.357 e. The van der Waals surface area contributed by atoms with E-state index in [0.29, 0.717) is 11.3 Å². The van der Waals surface area contributed by atoms with E-state index in [1.165, 1.54) is 18.0 Å². The van der Waals surface area contributed by atoms with Gasteiger partial charge in [0.1, 0.15) is 0 Å². The van der Waals surface area contributed by atoms with Crippen molar-refractivity contribution < 1.29 is 9.53 Å². The van der Waals surface area contributed by atoms with Gasteiger partial charge >= 0.3 is 5.97 Å². The van der Waals surface area contributed by atoms with E-state index in [9.17, 15) is 4.79 Å². The van der Waals surface area contributed by atoms with Gasteiger partial charge in [-0.15, -0.1) is 0 Å². The van der Waals surface area contributed by atoms with E-state index in [-0.39, 0.29) is 6.54 Å². The largest absolute Gasteiger partial charge is 0.464 e. The summed E-state index contributed by atoms with van der Waals surface area (Å²) >= 11 is 0. The first-order valence-electron chi connectivity index (χ1n) is 4.00. The van der Waals surface area contributed by atoms with Gasteiger partial charge in [-0.05, 0) is 0 Å². The number of ether oxygens (including phenoxy) is 1. The van der Waals surface area contributed by atoms with Gasteiger partial charge in [0, 0.05) is 7.05 Å². The van der Waals surface area contributed by atoms with E-state index >= 15 is 0 Å². The zero-order valence-corrected chi connectivity index (χ0v) is 8.07. The van der Waals surface area contributed by atoms with Crippen molar-refractivity contribution >= 4 is 5.97 Å². The van der Waals surface area contributed by atoms with E-state index in [0.717, 1.165) is 0 Å². The van der Waals surface area contributed by atoms with E-state index in [2.05, 4.69) is 21.7 Å². The lowest BCUT2D eigenvalue weighted by molar-refractivity contribution is 0.0588. The summed E-state index contributed by atoms with van der Waals surface area (Å²) < 4.78 is 6.02. The van der Waals surface area contributed by atoms with E-state index in [4.69, 9.17) is 5.73 Å². The van der Waals surface area contributed by atoms with E-state index < -0.39 is 5.97 Å². The molecule has 0 bridgehead atoms. The topological polar surface area (TPSA) is 70.1 Å². The fourth-order valence-electron chi connectivity index (χ4n) is 1.01. The molecule has 74 valence electrons. The number of hydrogen-bond donors (Lipinski definition) is 1. The summed E-state index contributed by atoms with van der Waals surface area (Å²) in [6.07, 6.45) is 1.51. The van der Waals surface area contributed by atoms with Crippen molar-refractivity contribution in [2.75, 3.05) is 13.7 Å². The number of nitrogens with zero attached hydrogens (tertiary/aromatic N) is 2. The highest BCUT2D eigenvalue weighted by molar-refractivity contribution is 5.90. The standard InChI is InChI=1S/C9H11N3O2/c1-12-8(9(13)14-2)7(6-11-12)4-3-5-10/h6H,5,10H2,1-2H3. The molecule has 1 rings (SSSR count). The second-order valence-electron chi connectivity index (χ2n) is 2.53. The number of methoxy groups -OCH3 is 1. The highest BCUT2D eigenvalue weighted by atomic mass is 16.5. The first-order chi connectivity index (χ1) is 6.70. The normalized spacial score (nSPS) is 9.07. The van der Waals surface area contributed by atoms with Crippen LogP contribution >= 0.6 is 0 Å². The van der Waals surface area contributed by atoms with Gasteiger partial charge in [-0.2, -0.15) is 5.10 Å². The molecule has 0 aromatic carbocycles. The molecule has 0 fully saturated rings. The van der Waals surface area contributed by atoms with Crippen LogP contribution in [0.15, 0.2) is 6.20 Å². The summed E-state index contributed by atoms with van der Waals surface area (Å²) in [6, 6.07) is 0. The fourth-order valence-corrected chi connectivity index (χ4v) is 1.01. The SMILES string of the molecule is COC(=O)c1c(C#CCN)cnn1C. The van der Waals surface area contributed by atoms with Crippen LogP contribution in [0.1, 0.15) is 16.1 Å². The summed E-state index contributed by atoms with van der Waals surface area (Å²) in [5.74, 6) is 4.95. The third kappa shape index (κ3) is 1.92. The van der Waals surface area contributed by atoms with Crippen LogP contribution in [0.2, 0.25) is 0 Å². The van der Waals surface area contributed by atoms with Gasteiger partial charge in [-0.1, -0.05) is 11.8 Å². The molecule has 1 aromatic heterocycles. The third-order valence-corrected chi connectivity index (χ3v) is 1.64. The zero-order valence-electron chi connectivity index (χ0n) is 8.07. The number of aryl methyl sites for hydroxylation is 1. The van der Waals surface area contributed by atoms with Gasteiger partial charge in [0.2, 0.25) is 0 Å². The van der Waals surface area contributed by atoms with Crippen LogP contribution < -0.4 is 5.73 Å². The minimum absolute atomic E-state index is 0.246. The minimum Gasteiger partial charge on any atom is -0.464 e. The molecule has 0 aliphatic carbocycles. The maximum atomic E-state index is 11.3. The molecule has 0 saturated carbocycles. The molecule has 0 spiro atoms. The lowest BCUT2D eigenvalue weighted by atomic mass is 10.2. The van der Waals surface area contributed by atoms with Crippen LogP contribution in [-0.4, -0.2) is 29.4 Å². The van der Waals surface area contributed by atoms with Gasteiger partial charge in [-0.25, -0.2) is 4.79 Å². The van der Waals surface area contributed by atoms with Gasteiger partial charge in [0.15, 0.2) is 5.69 Å². The molecule has 1 aromatic rings. The van der Waals surface area contributed by atoms with Gasteiger partial charge < -0.3 is 10.5 Å². The summed E-state index contributed by atoms with van der Waals surface area (Å²) in [7, 11) is 2.97. The Bertz CT molecular complexity index is 398. The van der Waals surface area contributed by atoms with Crippen LogP contribution in [0.25, 0.3) is 0 Å². The smallest absolute Gasteiger partial charge is 0.357 e. The number of rotatable bonds is 1. The predicted molar refractivity (Wildman–Crippen MR) is 50.5 cm³/mol. The highest BCUT2D eigenvalue weighted by Crippen LogP contribution is 2.06. The lowest BCUT2D eigenvalue weighted by Crippen LogP contribution is -2.10. The number of hydrogen-bond acceptors (Lipinski definition) is 4. The summed E-state index contributed by atoms with van der Waals surface area (Å²) in [5.41, 5.74) is 6.10. The number of esters is 1. The predicted octanol–water partition coefficient (Wildman–Crippen LogP) is -0.483. The number of nitrogens with two attached hydrogens (primary N) is 1. The van der Waals surface area contributed by atoms with Crippen molar-refractivity contribution in [3.05, 3.63) is 17.5 Å². The fraction of sp³-hybridized carbons (Fsp3) is 0.333. The van der Waals surface area contributed by atoms with Gasteiger partial charge in [-0.3, -0.25) is 4.68 Å².